The first kappa shape index (κ1) is 21.4. The summed E-state index contributed by atoms with van der Waals surface area (Å²) in [5.74, 6) is 0.470. The minimum absolute atomic E-state index is 0.0924. The predicted molar refractivity (Wildman–Crippen MR) is 122 cm³/mol. The lowest BCUT2D eigenvalue weighted by molar-refractivity contribution is -0.111. The molecule has 1 aliphatic heterocycles. The molecule has 0 spiro atoms. The van der Waals surface area contributed by atoms with Crippen LogP contribution in [-0.2, 0) is 11.3 Å². The number of ether oxygens (including phenoxy) is 2. The summed E-state index contributed by atoms with van der Waals surface area (Å²) in [7, 11) is 0. The van der Waals surface area contributed by atoms with Gasteiger partial charge in [-0.1, -0.05) is 29.8 Å². The highest BCUT2D eigenvalue weighted by atomic mass is 16.7. The van der Waals surface area contributed by atoms with E-state index in [-0.39, 0.29) is 18.5 Å². The summed E-state index contributed by atoms with van der Waals surface area (Å²) in [5, 5.41) is 7.40. The van der Waals surface area contributed by atoms with E-state index in [9.17, 15) is 9.59 Å². The van der Waals surface area contributed by atoms with Crippen molar-refractivity contribution in [3.63, 3.8) is 0 Å². The molecular weight excluding hydrogens is 406 g/mol. The van der Waals surface area contributed by atoms with E-state index in [1.165, 1.54) is 18.6 Å². The van der Waals surface area contributed by atoms with Gasteiger partial charge in [-0.3, -0.25) is 14.3 Å². The van der Waals surface area contributed by atoms with Crippen molar-refractivity contribution < 1.29 is 19.1 Å². The normalized spacial score (nSPS) is 12.4. The molecule has 0 radical (unpaired) electrons. The van der Waals surface area contributed by atoms with Crippen molar-refractivity contribution >= 4 is 23.5 Å². The summed E-state index contributed by atoms with van der Waals surface area (Å²) >= 11 is 0. The first-order chi connectivity index (χ1) is 15.3. The average Bonchev–Trinajstić information content (AvgIpc) is 3.31. The minimum atomic E-state index is -0.351. The lowest BCUT2D eigenvalue weighted by Crippen LogP contribution is -2.11. The highest BCUT2D eigenvalue weighted by Gasteiger charge is 2.20. The molecule has 0 fully saturated rings. The van der Waals surface area contributed by atoms with E-state index in [4.69, 9.17) is 9.47 Å². The third-order valence-corrected chi connectivity index (χ3v) is 5.44. The van der Waals surface area contributed by atoms with Crippen molar-refractivity contribution in [1.82, 2.24) is 9.78 Å². The zero-order valence-electron chi connectivity index (χ0n) is 18.6. The molecule has 1 aliphatic rings. The van der Waals surface area contributed by atoms with Gasteiger partial charge in [0.2, 0.25) is 12.7 Å². The van der Waals surface area contributed by atoms with Crippen LogP contribution in [0.5, 0.6) is 11.5 Å². The van der Waals surface area contributed by atoms with Gasteiger partial charge in [-0.25, -0.2) is 0 Å². The highest BCUT2D eigenvalue weighted by Crippen LogP contribution is 2.37. The molecule has 1 aromatic heterocycles. The van der Waals surface area contributed by atoms with Crippen molar-refractivity contribution in [3.8, 4) is 11.5 Å². The summed E-state index contributed by atoms with van der Waals surface area (Å²) in [5.41, 5.74) is 5.84. The quantitative estimate of drug-likeness (QED) is 0.461. The summed E-state index contributed by atoms with van der Waals surface area (Å²) in [6.45, 7) is 8.16. The van der Waals surface area contributed by atoms with Crippen LogP contribution in [-0.4, -0.2) is 28.3 Å². The van der Waals surface area contributed by atoms with E-state index in [1.807, 2.05) is 18.5 Å². The maximum absolute atomic E-state index is 12.6. The highest BCUT2D eigenvalue weighted by molar-refractivity contribution is 6.08. The van der Waals surface area contributed by atoms with Gasteiger partial charge in [-0.2, -0.15) is 5.10 Å². The zero-order chi connectivity index (χ0) is 22.8. The average molecular weight is 431 g/mol. The molecule has 0 saturated carbocycles. The van der Waals surface area contributed by atoms with Gasteiger partial charge in [-0.15, -0.1) is 0 Å². The summed E-state index contributed by atoms with van der Waals surface area (Å²) in [6.07, 6.45) is 3.20. The molecule has 7 heteroatoms. The van der Waals surface area contributed by atoms with Crippen molar-refractivity contribution in [3.05, 3.63) is 76.1 Å². The van der Waals surface area contributed by atoms with Gasteiger partial charge in [-0.05, 0) is 45.4 Å². The standard InChI is InChI=1S/C25H25N3O4/c1-15-5-7-19(8-6-15)13-28-17(3)20(16(2)27-28)9-10-25(30)26-22-12-24-23(31-14-32-24)11-21(22)18(4)29/h5-12H,13-14H2,1-4H3,(H,26,30)/b10-9+. The van der Waals surface area contributed by atoms with Gasteiger partial charge < -0.3 is 14.8 Å². The van der Waals surface area contributed by atoms with Crippen LogP contribution in [0.2, 0.25) is 0 Å². The smallest absolute Gasteiger partial charge is 0.248 e. The van der Waals surface area contributed by atoms with Gasteiger partial charge in [0.15, 0.2) is 17.3 Å². The molecule has 7 nitrogen and oxygen atoms in total. The van der Waals surface area contributed by atoms with Crippen molar-refractivity contribution in [1.29, 1.82) is 0 Å². The van der Waals surface area contributed by atoms with Crippen LogP contribution in [0.3, 0.4) is 0 Å². The molecule has 2 aromatic carbocycles. The second-order valence-corrected chi connectivity index (χ2v) is 7.86. The van der Waals surface area contributed by atoms with Gasteiger partial charge in [0.1, 0.15) is 0 Å². The lowest BCUT2D eigenvalue weighted by Gasteiger charge is -2.09. The van der Waals surface area contributed by atoms with E-state index in [1.54, 1.807) is 18.2 Å². The van der Waals surface area contributed by atoms with Gasteiger partial charge in [0, 0.05) is 29.0 Å². The topological polar surface area (TPSA) is 82.5 Å². The fourth-order valence-electron chi connectivity index (χ4n) is 3.64. The number of carbonyl (C=O) groups is 2. The molecule has 164 valence electrons. The molecule has 4 rings (SSSR count). The Kier molecular flexibility index (Phi) is 5.81. The van der Waals surface area contributed by atoms with E-state index < -0.39 is 0 Å². The van der Waals surface area contributed by atoms with E-state index >= 15 is 0 Å². The summed E-state index contributed by atoms with van der Waals surface area (Å²) < 4.78 is 12.6. The Morgan fingerprint density at radius 2 is 1.78 bits per heavy atom. The number of fused-ring (bicyclic) bond motifs is 1. The first-order valence-corrected chi connectivity index (χ1v) is 10.3. The number of rotatable bonds is 6. The number of aryl methyl sites for hydroxylation is 2. The molecule has 0 unspecified atom stereocenters. The second-order valence-electron chi connectivity index (χ2n) is 7.86. The molecule has 0 aliphatic carbocycles. The molecule has 32 heavy (non-hydrogen) atoms. The minimum Gasteiger partial charge on any atom is -0.454 e. The number of Topliss-reactive ketones (excluding diaryl/α,β-unsaturated/α-hetero) is 1. The number of anilines is 1. The molecule has 2 heterocycles. The number of aromatic nitrogens is 2. The number of nitrogens with zero attached hydrogens (tertiary/aromatic N) is 2. The third-order valence-electron chi connectivity index (χ3n) is 5.44. The first-order valence-electron chi connectivity index (χ1n) is 10.3. The second kappa shape index (κ2) is 8.70. The van der Waals surface area contributed by atoms with E-state index in [0.29, 0.717) is 29.3 Å². The van der Waals surface area contributed by atoms with Crippen LogP contribution in [0.4, 0.5) is 5.69 Å². The van der Waals surface area contributed by atoms with E-state index in [2.05, 4.69) is 41.6 Å². The lowest BCUT2D eigenvalue weighted by atomic mass is 10.1. The third kappa shape index (κ3) is 4.42. The molecular formula is C25H25N3O4. The Labute approximate surface area is 186 Å². The Hall–Kier alpha value is -3.87. The van der Waals surface area contributed by atoms with Crippen molar-refractivity contribution in [2.24, 2.45) is 0 Å². The Balaban J connectivity index is 1.51. The molecule has 0 atom stereocenters. The van der Waals surface area contributed by atoms with Crippen LogP contribution < -0.4 is 14.8 Å². The number of ketones is 1. The van der Waals surface area contributed by atoms with Crippen LogP contribution in [0.15, 0.2) is 42.5 Å². The van der Waals surface area contributed by atoms with Crippen molar-refractivity contribution in [2.45, 2.75) is 34.2 Å². The number of amides is 1. The summed E-state index contributed by atoms with van der Waals surface area (Å²) in [6, 6.07) is 11.5. The Morgan fingerprint density at radius 1 is 1.09 bits per heavy atom. The van der Waals surface area contributed by atoms with Crippen LogP contribution in [0.25, 0.3) is 6.08 Å². The number of nitrogens with one attached hydrogen (secondary N) is 1. The van der Waals surface area contributed by atoms with Gasteiger partial charge >= 0.3 is 0 Å². The molecule has 1 N–H and O–H groups in total. The van der Waals surface area contributed by atoms with Gasteiger partial charge in [0.05, 0.1) is 17.9 Å². The van der Waals surface area contributed by atoms with Gasteiger partial charge in [0.25, 0.3) is 0 Å². The van der Waals surface area contributed by atoms with Crippen LogP contribution in [0.1, 0.15) is 45.4 Å². The number of benzene rings is 2. The fourth-order valence-corrected chi connectivity index (χ4v) is 3.64. The SMILES string of the molecule is CC(=O)c1cc2c(cc1NC(=O)/C=C/c1c(C)nn(Cc3ccc(C)cc3)c1C)OCO2. The monoisotopic (exact) mass is 431 g/mol. The fraction of sp³-hybridized carbons (Fsp3) is 0.240. The predicted octanol–water partition coefficient (Wildman–Crippen LogP) is 4.44. The maximum atomic E-state index is 12.6. The maximum Gasteiger partial charge on any atom is 0.248 e. The van der Waals surface area contributed by atoms with Crippen molar-refractivity contribution in [2.75, 3.05) is 12.1 Å². The zero-order valence-corrected chi connectivity index (χ0v) is 18.6. The number of hydrogen-bond donors (Lipinski definition) is 1. The molecule has 3 aromatic rings. The van der Waals surface area contributed by atoms with Crippen LogP contribution in [0, 0.1) is 20.8 Å². The largest absolute Gasteiger partial charge is 0.454 e. The Morgan fingerprint density at radius 3 is 2.47 bits per heavy atom. The van der Waals surface area contributed by atoms with E-state index in [0.717, 1.165) is 22.5 Å². The van der Waals surface area contributed by atoms with Crippen LogP contribution >= 0.6 is 0 Å². The summed E-state index contributed by atoms with van der Waals surface area (Å²) in [4.78, 5) is 24.6. The Bertz CT molecular complexity index is 1220. The molecule has 0 bridgehead atoms. The number of carbonyl (C=O) groups excluding carboxylic acids is 2. The number of hydrogen-bond acceptors (Lipinski definition) is 5. The molecule has 1 amide bonds. The molecule has 0 saturated heterocycles.